The molecule has 1 aliphatic rings. The highest BCUT2D eigenvalue weighted by Gasteiger charge is 2.20. The predicted octanol–water partition coefficient (Wildman–Crippen LogP) is 4.70. The monoisotopic (exact) mass is 373 g/mol. The molecule has 1 saturated heterocycles. The summed E-state index contributed by atoms with van der Waals surface area (Å²) in [4.78, 5) is 8.20. The van der Waals surface area contributed by atoms with Gasteiger partial charge in [-0.25, -0.2) is 4.98 Å². The Morgan fingerprint density at radius 3 is 2.71 bits per heavy atom. The summed E-state index contributed by atoms with van der Waals surface area (Å²) in [5, 5.41) is 13.5. The van der Waals surface area contributed by atoms with Crippen molar-refractivity contribution in [1.29, 1.82) is 0 Å². The minimum absolute atomic E-state index is 0.668. The van der Waals surface area contributed by atoms with Gasteiger partial charge in [0.15, 0.2) is 5.65 Å². The number of aromatic nitrogens is 4. The zero-order valence-corrected chi connectivity index (χ0v) is 16.6. The van der Waals surface area contributed by atoms with Crippen LogP contribution in [0.2, 0.25) is 0 Å². The molecule has 0 bridgehead atoms. The van der Waals surface area contributed by atoms with Crippen LogP contribution in [0.1, 0.15) is 49.4 Å². The molecule has 3 aromatic heterocycles. The number of benzene rings is 1. The number of hydrogen-bond donors (Lipinski definition) is 3. The van der Waals surface area contributed by atoms with Gasteiger partial charge in [-0.3, -0.25) is 5.10 Å². The van der Waals surface area contributed by atoms with Crippen LogP contribution in [0, 0.1) is 0 Å². The summed E-state index contributed by atoms with van der Waals surface area (Å²) in [6, 6.07) is 9.13. The maximum Gasteiger partial charge on any atom is 0.156 e. The van der Waals surface area contributed by atoms with Crippen LogP contribution in [-0.4, -0.2) is 33.3 Å². The number of piperidine rings is 1. The number of hydrogen-bond acceptors (Lipinski definition) is 3. The fourth-order valence-electron chi connectivity index (χ4n) is 4.75. The minimum Gasteiger partial charge on any atom is -0.354 e. The number of nitrogens with zero attached hydrogens (tertiary/aromatic N) is 2. The van der Waals surface area contributed by atoms with Gasteiger partial charge in [0, 0.05) is 22.7 Å². The summed E-state index contributed by atoms with van der Waals surface area (Å²) < 4.78 is 0. The number of aryl methyl sites for hydroxylation is 2. The van der Waals surface area contributed by atoms with E-state index in [1.165, 1.54) is 46.1 Å². The van der Waals surface area contributed by atoms with E-state index >= 15 is 0 Å². The first kappa shape index (κ1) is 17.4. The van der Waals surface area contributed by atoms with Gasteiger partial charge in [0.05, 0.1) is 16.8 Å². The van der Waals surface area contributed by atoms with Crippen molar-refractivity contribution in [2.75, 3.05) is 13.1 Å². The smallest absolute Gasteiger partial charge is 0.156 e. The molecule has 5 nitrogen and oxygen atoms in total. The Balaban J connectivity index is 1.69. The van der Waals surface area contributed by atoms with E-state index in [2.05, 4.69) is 63.6 Å². The van der Waals surface area contributed by atoms with Crippen LogP contribution in [0.5, 0.6) is 0 Å². The summed E-state index contributed by atoms with van der Waals surface area (Å²) in [5.74, 6) is 0.668. The molecule has 1 aliphatic heterocycles. The zero-order valence-electron chi connectivity index (χ0n) is 16.6. The molecule has 0 amide bonds. The fraction of sp³-hybridized carbons (Fsp3) is 0.391. The van der Waals surface area contributed by atoms with Crippen LogP contribution in [0.3, 0.4) is 0 Å². The SMILES string of the molecule is CCc1c(-c2ccnc3[nH]nc(CC)c23)[nH]c2ccc(C3CCNCC3)cc12. The topological polar surface area (TPSA) is 69.4 Å². The highest BCUT2D eigenvalue weighted by Crippen LogP contribution is 2.37. The molecule has 3 N–H and O–H groups in total. The molecule has 0 aliphatic carbocycles. The summed E-state index contributed by atoms with van der Waals surface area (Å²) in [5.41, 5.74) is 8.44. The summed E-state index contributed by atoms with van der Waals surface area (Å²) >= 11 is 0. The Morgan fingerprint density at radius 2 is 1.93 bits per heavy atom. The van der Waals surface area contributed by atoms with E-state index in [0.29, 0.717) is 5.92 Å². The standard InChI is InChI=1S/C23H27N5/c1-3-16-18-13-15(14-7-10-24-11-8-14)5-6-20(18)26-22(16)17-9-12-25-23-21(17)19(4-2)27-28-23/h5-6,9,12-14,24,26H,3-4,7-8,10-11H2,1-2H3,(H,25,27,28). The Labute approximate surface area is 165 Å². The number of aromatic amines is 2. The largest absolute Gasteiger partial charge is 0.354 e. The van der Waals surface area contributed by atoms with Crippen molar-refractivity contribution < 1.29 is 0 Å². The lowest BCUT2D eigenvalue weighted by molar-refractivity contribution is 0.460. The van der Waals surface area contributed by atoms with Crippen molar-refractivity contribution in [3.8, 4) is 11.3 Å². The maximum atomic E-state index is 4.48. The van der Waals surface area contributed by atoms with E-state index in [4.69, 9.17) is 0 Å². The van der Waals surface area contributed by atoms with Crippen molar-refractivity contribution in [1.82, 2.24) is 25.5 Å². The number of rotatable bonds is 4. The number of H-pyrrole nitrogens is 2. The lowest BCUT2D eigenvalue weighted by atomic mass is 9.89. The van der Waals surface area contributed by atoms with Gasteiger partial charge >= 0.3 is 0 Å². The molecular formula is C23H27N5. The summed E-state index contributed by atoms with van der Waals surface area (Å²) in [7, 11) is 0. The summed E-state index contributed by atoms with van der Waals surface area (Å²) in [6.07, 6.45) is 6.21. The van der Waals surface area contributed by atoms with E-state index in [9.17, 15) is 0 Å². The van der Waals surface area contributed by atoms with Crippen LogP contribution in [0.4, 0.5) is 0 Å². The van der Waals surface area contributed by atoms with Crippen molar-refractivity contribution in [2.24, 2.45) is 0 Å². The van der Waals surface area contributed by atoms with Crippen LogP contribution in [0.15, 0.2) is 30.5 Å². The third kappa shape index (κ3) is 2.73. The van der Waals surface area contributed by atoms with Gasteiger partial charge in [0.1, 0.15) is 0 Å². The van der Waals surface area contributed by atoms with E-state index in [1.807, 2.05) is 6.20 Å². The Hall–Kier alpha value is -2.66. The molecule has 0 radical (unpaired) electrons. The quantitative estimate of drug-likeness (QED) is 0.486. The Bertz CT molecular complexity index is 1130. The fourth-order valence-corrected chi connectivity index (χ4v) is 4.75. The maximum absolute atomic E-state index is 4.48. The second kappa shape index (κ2) is 7.06. The molecule has 1 fully saturated rings. The molecule has 5 rings (SSSR count). The molecule has 0 saturated carbocycles. The van der Waals surface area contributed by atoms with Crippen molar-refractivity contribution in [2.45, 2.75) is 45.4 Å². The second-order valence-electron chi connectivity index (χ2n) is 7.77. The van der Waals surface area contributed by atoms with Gasteiger partial charge in [-0.15, -0.1) is 0 Å². The molecule has 0 spiro atoms. The van der Waals surface area contributed by atoms with Gasteiger partial charge in [-0.1, -0.05) is 19.9 Å². The van der Waals surface area contributed by atoms with Gasteiger partial charge in [0.25, 0.3) is 0 Å². The first-order valence-electron chi connectivity index (χ1n) is 10.5. The molecule has 144 valence electrons. The average molecular weight is 374 g/mol. The van der Waals surface area contributed by atoms with Crippen LogP contribution in [0.25, 0.3) is 33.2 Å². The summed E-state index contributed by atoms with van der Waals surface area (Å²) in [6.45, 7) is 6.63. The van der Waals surface area contributed by atoms with E-state index < -0.39 is 0 Å². The number of nitrogens with one attached hydrogen (secondary N) is 3. The Kier molecular flexibility index (Phi) is 4.40. The van der Waals surface area contributed by atoms with Gasteiger partial charge in [-0.05, 0) is 74.0 Å². The van der Waals surface area contributed by atoms with Crippen LogP contribution in [-0.2, 0) is 12.8 Å². The van der Waals surface area contributed by atoms with Gasteiger partial charge < -0.3 is 10.3 Å². The second-order valence-corrected chi connectivity index (χ2v) is 7.77. The molecule has 4 heterocycles. The number of pyridine rings is 1. The Morgan fingerprint density at radius 1 is 1.07 bits per heavy atom. The van der Waals surface area contributed by atoms with E-state index in [-0.39, 0.29) is 0 Å². The van der Waals surface area contributed by atoms with Crippen LogP contribution >= 0.6 is 0 Å². The average Bonchev–Trinajstić information content (AvgIpc) is 3.34. The predicted molar refractivity (Wildman–Crippen MR) is 115 cm³/mol. The molecule has 0 unspecified atom stereocenters. The van der Waals surface area contributed by atoms with Gasteiger partial charge in [0.2, 0.25) is 0 Å². The van der Waals surface area contributed by atoms with E-state index in [0.717, 1.165) is 42.7 Å². The molecule has 0 atom stereocenters. The molecule has 28 heavy (non-hydrogen) atoms. The molecule has 1 aromatic carbocycles. The molecule has 5 heteroatoms. The highest BCUT2D eigenvalue weighted by molar-refractivity contribution is 5.99. The van der Waals surface area contributed by atoms with Crippen molar-refractivity contribution in [3.63, 3.8) is 0 Å². The minimum atomic E-state index is 0.668. The first-order chi connectivity index (χ1) is 13.8. The third-order valence-electron chi connectivity index (χ3n) is 6.23. The van der Waals surface area contributed by atoms with Gasteiger partial charge in [-0.2, -0.15) is 5.10 Å². The van der Waals surface area contributed by atoms with Crippen molar-refractivity contribution in [3.05, 3.63) is 47.3 Å². The normalized spacial score (nSPS) is 15.6. The lowest BCUT2D eigenvalue weighted by Gasteiger charge is -2.23. The molecule has 4 aromatic rings. The first-order valence-corrected chi connectivity index (χ1v) is 10.5. The highest BCUT2D eigenvalue weighted by atomic mass is 15.1. The number of fused-ring (bicyclic) bond motifs is 2. The van der Waals surface area contributed by atoms with E-state index in [1.54, 1.807) is 0 Å². The zero-order chi connectivity index (χ0) is 19.1. The van der Waals surface area contributed by atoms with Crippen LogP contribution < -0.4 is 5.32 Å². The molecular weight excluding hydrogens is 346 g/mol. The third-order valence-corrected chi connectivity index (χ3v) is 6.23. The lowest BCUT2D eigenvalue weighted by Crippen LogP contribution is -2.26. The van der Waals surface area contributed by atoms with Crippen molar-refractivity contribution >= 4 is 21.9 Å².